The molecular formula is C20H28FN3O3. The third-order valence-corrected chi connectivity index (χ3v) is 5.32. The van der Waals surface area contributed by atoms with Crippen molar-refractivity contribution in [3.8, 4) is 0 Å². The summed E-state index contributed by atoms with van der Waals surface area (Å²) in [4.78, 5) is 30.5. The highest BCUT2D eigenvalue weighted by molar-refractivity contribution is 5.80. The van der Waals surface area contributed by atoms with Crippen molar-refractivity contribution < 1.29 is 18.7 Å². The van der Waals surface area contributed by atoms with Crippen molar-refractivity contribution in [3.05, 3.63) is 30.1 Å². The maximum absolute atomic E-state index is 13.9. The fourth-order valence-electron chi connectivity index (χ4n) is 3.80. The van der Waals surface area contributed by atoms with E-state index in [0.717, 1.165) is 25.9 Å². The van der Waals surface area contributed by atoms with Crippen molar-refractivity contribution in [2.75, 3.05) is 57.3 Å². The monoisotopic (exact) mass is 377 g/mol. The fraction of sp³-hybridized carbons (Fsp3) is 0.600. The summed E-state index contributed by atoms with van der Waals surface area (Å²) in [7, 11) is 0. The van der Waals surface area contributed by atoms with E-state index in [4.69, 9.17) is 4.74 Å². The minimum Gasteiger partial charge on any atom is -0.466 e. The second kappa shape index (κ2) is 9.17. The van der Waals surface area contributed by atoms with Gasteiger partial charge in [0.05, 0.1) is 24.8 Å². The molecule has 2 aliphatic heterocycles. The number of nitrogens with zero attached hydrogens (tertiary/aromatic N) is 3. The largest absolute Gasteiger partial charge is 0.466 e. The highest BCUT2D eigenvalue weighted by Gasteiger charge is 2.30. The first-order chi connectivity index (χ1) is 13.1. The maximum Gasteiger partial charge on any atom is 0.310 e. The van der Waals surface area contributed by atoms with Gasteiger partial charge in [0.25, 0.3) is 0 Å². The quantitative estimate of drug-likeness (QED) is 0.732. The number of rotatable bonds is 5. The molecule has 7 heteroatoms. The van der Waals surface area contributed by atoms with Crippen molar-refractivity contribution in [1.29, 1.82) is 0 Å². The zero-order valence-corrected chi connectivity index (χ0v) is 15.9. The molecule has 1 atom stereocenters. The fourth-order valence-corrected chi connectivity index (χ4v) is 3.80. The molecule has 2 fully saturated rings. The van der Waals surface area contributed by atoms with Crippen LogP contribution in [0.25, 0.3) is 0 Å². The molecule has 148 valence electrons. The van der Waals surface area contributed by atoms with Crippen LogP contribution in [0, 0.1) is 11.7 Å². The Morgan fingerprint density at radius 2 is 1.89 bits per heavy atom. The van der Waals surface area contributed by atoms with Gasteiger partial charge >= 0.3 is 5.97 Å². The summed E-state index contributed by atoms with van der Waals surface area (Å²) in [5.41, 5.74) is 0.622. The summed E-state index contributed by atoms with van der Waals surface area (Å²) >= 11 is 0. The molecule has 0 N–H and O–H groups in total. The lowest BCUT2D eigenvalue weighted by Gasteiger charge is -2.37. The minimum atomic E-state index is -0.208. The van der Waals surface area contributed by atoms with Crippen LogP contribution in [0.5, 0.6) is 0 Å². The van der Waals surface area contributed by atoms with Crippen LogP contribution < -0.4 is 4.90 Å². The first-order valence-electron chi connectivity index (χ1n) is 9.74. The van der Waals surface area contributed by atoms with Gasteiger partial charge in [-0.1, -0.05) is 12.1 Å². The van der Waals surface area contributed by atoms with E-state index < -0.39 is 0 Å². The minimum absolute atomic E-state index is 0.0586. The molecule has 1 amide bonds. The van der Waals surface area contributed by atoms with Gasteiger partial charge in [-0.05, 0) is 31.9 Å². The van der Waals surface area contributed by atoms with E-state index in [1.54, 1.807) is 24.0 Å². The van der Waals surface area contributed by atoms with E-state index in [-0.39, 0.29) is 23.6 Å². The smallest absolute Gasteiger partial charge is 0.310 e. The van der Waals surface area contributed by atoms with Gasteiger partial charge in [0, 0.05) is 39.3 Å². The van der Waals surface area contributed by atoms with Gasteiger partial charge in [-0.3, -0.25) is 14.5 Å². The van der Waals surface area contributed by atoms with Crippen molar-refractivity contribution in [2.24, 2.45) is 5.92 Å². The second-order valence-electron chi connectivity index (χ2n) is 7.15. The number of anilines is 1. The highest BCUT2D eigenvalue weighted by Crippen LogP contribution is 2.21. The number of carbonyl (C=O) groups is 2. The molecule has 0 saturated carbocycles. The van der Waals surface area contributed by atoms with Crippen molar-refractivity contribution >= 4 is 17.6 Å². The van der Waals surface area contributed by atoms with Gasteiger partial charge in [0.1, 0.15) is 5.82 Å². The van der Waals surface area contributed by atoms with E-state index in [9.17, 15) is 14.0 Å². The van der Waals surface area contributed by atoms with Gasteiger partial charge in [-0.15, -0.1) is 0 Å². The molecule has 0 bridgehead atoms. The number of para-hydroxylation sites is 1. The number of halogens is 1. The lowest BCUT2D eigenvalue weighted by atomic mass is 9.98. The number of likely N-dealkylation sites (tertiary alicyclic amines) is 1. The van der Waals surface area contributed by atoms with Crippen LogP contribution in [0.3, 0.4) is 0 Å². The first-order valence-corrected chi connectivity index (χ1v) is 9.74. The summed E-state index contributed by atoms with van der Waals surface area (Å²) in [6.45, 7) is 6.49. The predicted octanol–water partition coefficient (Wildman–Crippen LogP) is 1.75. The van der Waals surface area contributed by atoms with Crippen LogP contribution in [0.4, 0.5) is 10.1 Å². The Morgan fingerprint density at radius 1 is 1.15 bits per heavy atom. The lowest BCUT2D eigenvalue weighted by Crippen LogP contribution is -2.52. The molecule has 0 radical (unpaired) electrons. The van der Waals surface area contributed by atoms with Crippen LogP contribution in [-0.4, -0.2) is 74.1 Å². The van der Waals surface area contributed by atoms with E-state index >= 15 is 0 Å². The Bertz CT molecular complexity index is 662. The number of amides is 1. The van der Waals surface area contributed by atoms with Gasteiger partial charge in [0.15, 0.2) is 0 Å². The summed E-state index contributed by atoms with van der Waals surface area (Å²) in [6.07, 6.45) is 1.61. The number of piperidine rings is 1. The molecule has 2 aliphatic rings. The standard InChI is InChI=1S/C20H28FN3O3/c1-2-27-20(26)16-6-5-9-24(14-16)19(25)15-22-10-12-23(13-11-22)18-8-4-3-7-17(18)21/h3-4,7-8,16H,2,5-6,9-15H2,1H3. The van der Waals surface area contributed by atoms with E-state index in [0.29, 0.717) is 45.0 Å². The number of benzene rings is 1. The number of ether oxygens (including phenoxy) is 1. The molecule has 0 aliphatic carbocycles. The van der Waals surface area contributed by atoms with Gasteiger partial charge in [0.2, 0.25) is 5.91 Å². The molecule has 2 saturated heterocycles. The predicted molar refractivity (Wildman–Crippen MR) is 101 cm³/mol. The van der Waals surface area contributed by atoms with Crippen molar-refractivity contribution in [2.45, 2.75) is 19.8 Å². The molecule has 6 nitrogen and oxygen atoms in total. The van der Waals surface area contributed by atoms with E-state index in [2.05, 4.69) is 4.90 Å². The molecule has 0 spiro atoms. The van der Waals surface area contributed by atoms with E-state index in [1.807, 2.05) is 11.0 Å². The molecule has 2 heterocycles. The Balaban J connectivity index is 1.48. The number of carbonyl (C=O) groups excluding carboxylic acids is 2. The number of piperazine rings is 1. The average molecular weight is 377 g/mol. The Kier molecular flexibility index (Phi) is 6.66. The van der Waals surface area contributed by atoms with Crippen molar-refractivity contribution in [1.82, 2.24) is 9.80 Å². The maximum atomic E-state index is 13.9. The molecule has 1 aromatic rings. The summed E-state index contributed by atoms with van der Waals surface area (Å²) < 4.78 is 19.0. The van der Waals surface area contributed by atoms with Gasteiger partial charge < -0.3 is 14.5 Å². The Hall–Kier alpha value is -2.15. The van der Waals surface area contributed by atoms with Crippen LogP contribution >= 0.6 is 0 Å². The summed E-state index contributed by atoms with van der Waals surface area (Å²) in [5.74, 6) is -0.558. The number of hydrogen-bond acceptors (Lipinski definition) is 5. The van der Waals surface area contributed by atoms with Crippen LogP contribution in [0.1, 0.15) is 19.8 Å². The van der Waals surface area contributed by atoms with Gasteiger partial charge in [-0.2, -0.15) is 0 Å². The molecule has 1 aromatic carbocycles. The molecule has 1 unspecified atom stereocenters. The lowest BCUT2D eigenvalue weighted by molar-refractivity contribution is -0.151. The Morgan fingerprint density at radius 3 is 2.59 bits per heavy atom. The topological polar surface area (TPSA) is 53.1 Å². The van der Waals surface area contributed by atoms with Crippen LogP contribution in [0.15, 0.2) is 24.3 Å². The highest BCUT2D eigenvalue weighted by atomic mass is 19.1. The van der Waals surface area contributed by atoms with Crippen molar-refractivity contribution in [3.63, 3.8) is 0 Å². The summed E-state index contributed by atoms with van der Waals surface area (Å²) in [5, 5.41) is 0. The number of hydrogen-bond donors (Lipinski definition) is 0. The van der Waals surface area contributed by atoms with Crippen LogP contribution in [-0.2, 0) is 14.3 Å². The first kappa shape index (κ1) is 19.6. The number of esters is 1. The third-order valence-electron chi connectivity index (χ3n) is 5.32. The zero-order chi connectivity index (χ0) is 19.2. The van der Waals surface area contributed by atoms with Crippen LogP contribution in [0.2, 0.25) is 0 Å². The zero-order valence-electron chi connectivity index (χ0n) is 15.9. The normalized spacial score (nSPS) is 21.2. The Labute approximate surface area is 159 Å². The molecular weight excluding hydrogens is 349 g/mol. The molecule has 3 rings (SSSR count). The second-order valence-corrected chi connectivity index (χ2v) is 7.15. The SMILES string of the molecule is CCOC(=O)C1CCCN(C(=O)CN2CCN(c3ccccc3F)CC2)C1. The molecule has 0 aromatic heterocycles. The molecule has 27 heavy (non-hydrogen) atoms. The summed E-state index contributed by atoms with van der Waals surface area (Å²) in [6, 6.07) is 6.79. The average Bonchev–Trinajstić information content (AvgIpc) is 2.69. The van der Waals surface area contributed by atoms with E-state index in [1.165, 1.54) is 6.07 Å². The van der Waals surface area contributed by atoms with Gasteiger partial charge in [-0.25, -0.2) is 4.39 Å². The third kappa shape index (κ3) is 4.97.